The van der Waals surface area contributed by atoms with E-state index in [1.165, 1.54) is 36.5 Å². The van der Waals surface area contributed by atoms with Gasteiger partial charge in [0.25, 0.3) is 5.91 Å². The van der Waals surface area contributed by atoms with E-state index < -0.39 is 11.7 Å². The number of halogens is 3. The molecule has 0 bridgehead atoms. The van der Waals surface area contributed by atoms with Crippen molar-refractivity contribution in [2.24, 2.45) is 0 Å². The molecule has 0 spiro atoms. The molecule has 5 rings (SSSR count). The minimum absolute atomic E-state index is 0. The van der Waals surface area contributed by atoms with Gasteiger partial charge in [0.2, 0.25) is 0 Å². The fourth-order valence-electron chi connectivity index (χ4n) is 3.59. The molecule has 7 nitrogen and oxygen atoms in total. The lowest BCUT2D eigenvalue weighted by atomic mass is 10.1. The van der Waals surface area contributed by atoms with Gasteiger partial charge in [0.1, 0.15) is 23.0 Å². The van der Waals surface area contributed by atoms with Crippen LogP contribution in [0.5, 0.6) is 11.5 Å². The third-order valence-corrected chi connectivity index (χ3v) is 5.32. The van der Waals surface area contributed by atoms with Crippen molar-refractivity contribution in [2.75, 3.05) is 10.6 Å². The zero-order valence-electron chi connectivity index (χ0n) is 18.9. The Morgan fingerprint density at radius 1 is 0.972 bits per heavy atom. The molecular formula is C26H20ClF2N5O2. The van der Waals surface area contributed by atoms with Crippen LogP contribution in [0.3, 0.4) is 0 Å². The number of carbonyl (C=O) groups is 1. The summed E-state index contributed by atoms with van der Waals surface area (Å²) in [5, 5.41) is 6.46. The Labute approximate surface area is 211 Å². The first-order valence-corrected chi connectivity index (χ1v) is 10.7. The molecule has 3 heterocycles. The van der Waals surface area contributed by atoms with E-state index >= 15 is 0 Å². The summed E-state index contributed by atoms with van der Waals surface area (Å²) < 4.78 is 34.0. The van der Waals surface area contributed by atoms with Crippen LogP contribution in [-0.4, -0.2) is 20.9 Å². The quantitative estimate of drug-likeness (QED) is 0.236. The molecule has 3 N–H and O–H groups in total. The molecule has 2 aromatic carbocycles. The largest absolute Gasteiger partial charge is 0.453 e. The highest BCUT2D eigenvalue weighted by molar-refractivity contribution is 6.08. The zero-order chi connectivity index (χ0) is 24.4. The number of amides is 1. The second kappa shape index (κ2) is 10.4. The number of aromatic nitrogens is 3. The van der Waals surface area contributed by atoms with Crippen molar-refractivity contribution in [3.8, 4) is 11.5 Å². The summed E-state index contributed by atoms with van der Waals surface area (Å²) in [4.78, 5) is 24.3. The second-order valence-electron chi connectivity index (χ2n) is 7.73. The number of anilines is 3. The maximum absolute atomic E-state index is 14.9. The molecule has 0 radical (unpaired) electrons. The number of carbonyl (C=O) groups excluding carboxylic acids is 1. The van der Waals surface area contributed by atoms with Crippen LogP contribution in [0.2, 0.25) is 0 Å². The Morgan fingerprint density at radius 2 is 1.83 bits per heavy atom. The molecule has 36 heavy (non-hydrogen) atoms. The van der Waals surface area contributed by atoms with Crippen LogP contribution < -0.4 is 15.4 Å². The number of benzene rings is 2. The van der Waals surface area contributed by atoms with Crippen LogP contribution in [0.4, 0.5) is 26.0 Å². The molecule has 0 aliphatic heterocycles. The molecule has 0 aliphatic carbocycles. The molecule has 182 valence electrons. The summed E-state index contributed by atoms with van der Waals surface area (Å²) >= 11 is 0. The standard InChI is InChI=1S/C26H19F2N5O2.ClH/c1-15-13-16(27)4-6-21(15)33-26(34)19-3-2-10-29-25(19)32-17-5-7-23(20(28)14-17)35-22-9-12-31-24-18(22)8-11-30-24;/h2-14H,1H3,(H,29,32)(H,30,31)(H,33,34);1H. The monoisotopic (exact) mass is 507 g/mol. The van der Waals surface area contributed by atoms with Gasteiger partial charge in [-0.05, 0) is 67.1 Å². The first-order chi connectivity index (χ1) is 17.0. The highest BCUT2D eigenvalue weighted by Gasteiger charge is 2.15. The Balaban J connectivity index is 0.00000304. The van der Waals surface area contributed by atoms with Crippen molar-refractivity contribution >= 4 is 46.5 Å². The SMILES string of the molecule is Cc1cc(F)ccc1NC(=O)c1cccnc1Nc1ccc(Oc2ccnc3[nH]ccc23)c(F)c1.Cl. The molecule has 0 aliphatic rings. The lowest BCUT2D eigenvalue weighted by Crippen LogP contribution is -2.15. The summed E-state index contributed by atoms with van der Waals surface area (Å²) in [6, 6.07) is 15.1. The third kappa shape index (κ3) is 5.11. The van der Waals surface area contributed by atoms with Gasteiger partial charge in [-0.1, -0.05) is 0 Å². The second-order valence-corrected chi connectivity index (χ2v) is 7.73. The number of H-pyrrole nitrogens is 1. The fraction of sp³-hybridized carbons (Fsp3) is 0.0385. The molecule has 3 aromatic heterocycles. The fourth-order valence-corrected chi connectivity index (χ4v) is 3.59. The number of hydrogen-bond donors (Lipinski definition) is 3. The average Bonchev–Trinajstić information content (AvgIpc) is 3.33. The van der Waals surface area contributed by atoms with E-state index in [2.05, 4.69) is 25.6 Å². The molecule has 0 saturated carbocycles. The van der Waals surface area contributed by atoms with E-state index in [1.807, 2.05) is 0 Å². The van der Waals surface area contributed by atoms with Crippen molar-refractivity contribution in [3.63, 3.8) is 0 Å². The summed E-state index contributed by atoms with van der Waals surface area (Å²) in [7, 11) is 0. The van der Waals surface area contributed by atoms with Gasteiger partial charge in [0, 0.05) is 36.0 Å². The lowest BCUT2D eigenvalue weighted by Gasteiger charge is -2.13. The molecule has 0 unspecified atom stereocenters. The van der Waals surface area contributed by atoms with Crippen LogP contribution in [0.1, 0.15) is 15.9 Å². The van der Waals surface area contributed by atoms with E-state index in [4.69, 9.17) is 4.74 Å². The number of fused-ring (bicyclic) bond motifs is 1. The first kappa shape index (κ1) is 24.6. The van der Waals surface area contributed by atoms with E-state index in [0.29, 0.717) is 28.3 Å². The van der Waals surface area contributed by atoms with Crippen molar-refractivity contribution in [1.82, 2.24) is 15.0 Å². The molecule has 0 saturated heterocycles. The van der Waals surface area contributed by atoms with Crippen molar-refractivity contribution < 1.29 is 18.3 Å². The normalized spacial score (nSPS) is 10.5. The highest BCUT2D eigenvalue weighted by atomic mass is 35.5. The molecular weight excluding hydrogens is 488 g/mol. The van der Waals surface area contributed by atoms with E-state index in [0.717, 1.165) is 5.39 Å². The molecule has 1 amide bonds. The smallest absolute Gasteiger partial charge is 0.259 e. The minimum Gasteiger partial charge on any atom is -0.453 e. The summed E-state index contributed by atoms with van der Waals surface area (Å²) in [6.45, 7) is 1.69. The summed E-state index contributed by atoms with van der Waals surface area (Å²) in [5.41, 5.74) is 2.32. The predicted octanol–water partition coefficient (Wildman–Crippen LogP) is 6.75. The number of ether oxygens (including phenoxy) is 1. The van der Waals surface area contributed by atoms with Gasteiger partial charge in [-0.2, -0.15) is 0 Å². The van der Waals surface area contributed by atoms with Gasteiger partial charge in [-0.3, -0.25) is 4.79 Å². The number of aromatic amines is 1. The van der Waals surface area contributed by atoms with Crippen molar-refractivity contribution in [1.29, 1.82) is 0 Å². The van der Waals surface area contributed by atoms with Crippen LogP contribution in [0.25, 0.3) is 11.0 Å². The van der Waals surface area contributed by atoms with Crippen LogP contribution in [0, 0.1) is 18.6 Å². The third-order valence-electron chi connectivity index (χ3n) is 5.32. The summed E-state index contributed by atoms with van der Waals surface area (Å²) in [5.74, 6) is -0.685. The van der Waals surface area contributed by atoms with E-state index in [9.17, 15) is 13.6 Å². The number of rotatable bonds is 6. The van der Waals surface area contributed by atoms with Gasteiger partial charge in [-0.25, -0.2) is 18.7 Å². The number of nitrogens with one attached hydrogen (secondary N) is 3. The predicted molar refractivity (Wildman–Crippen MR) is 136 cm³/mol. The average molecular weight is 508 g/mol. The molecule has 0 atom stereocenters. The maximum Gasteiger partial charge on any atom is 0.259 e. The number of hydrogen-bond acceptors (Lipinski definition) is 5. The Bertz CT molecular complexity index is 1560. The Hall–Kier alpha value is -4.50. The summed E-state index contributed by atoms with van der Waals surface area (Å²) in [6.07, 6.45) is 4.82. The number of pyridine rings is 2. The van der Waals surface area contributed by atoms with Gasteiger partial charge in [-0.15, -0.1) is 12.4 Å². The number of aryl methyl sites for hydroxylation is 1. The highest BCUT2D eigenvalue weighted by Crippen LogP contribution is 2.32. The van der Waals surface area contributed by atoms with Crippen LogP contribution >= 0.6 is 12.4 Å². The van der Waals surface area contributed by atoms with Crippen LogP contribution in [-0.2, 0) is 0 Å². The molecule has 10 heteroatoms. The van der Waals surface area contributed by atoms with Crippen molar-refractivity contribution in [2.45, 2.75) is 6.92 Å². The minimum atomic E-state index is -0.598. The van der Waals surface area contributed by atoms with Gasteiger partial charge >= 0.3 is 0 Å². The molecule has 0 fully saturated rings. The van der Waals surface area contributed by atoms with Gasteiger partial charge in [0.05, 0.1) is 10.9 Å². The Morgan fingerprint density at radius 3 is 2.64 bits per heavy atom. The van der Waals surface area contributed by atoms with Crippen LogP contribution in [0.15, 0.2) is 79.3 Å². The van der Waals surface area contributed by atoms with Gasteiger partial charge in [0.15, 0.2) is 11.6 Å². The first-order valence-electron chi connectivity index (χ1n) is 10.7. The van der Waals surface area contributed by atoms with E-state index in [1.54, 1.807) is 49.6 Å². The zero-order valence-corrected chi connectivity index (χ0v) is 19.7. The topological polar surface area (TPSA) is 91.9 Å². The molecule has 5 aromatic rings. The number of nitrogens with zero attached hydrogens (tertiary/aromatic N) is 2. The maximum atomic E-state index is 14.9. The lowest BCUT2D eigenvalue weighted by molar-refractivity contribution is 0.102. The van der Waals surface area contributed by atoms with Gasteiger partial charge < -0.3 is 20.4 Å². The van der Waals surface area contributed by atoms with E-state index in [-0.39, 0.29) is 35.4 Å². The Kier molecular flexibility index (Phi) is 7.12. The van der Waals surface area contributed by atoms with Crippen molar-refractivity contribution in [3.05, 3.63) is 102 Å².